The summed E-state index contributed by atoms with van der Waals surface area (Å²) in [5, 5.41) is 26.4. The first-order valence-corrected chi connectivity index (χ1v) is 4.94. The molecular weight excluding hydrogens is 187 g/mol. The number of hydrogen-bond acceptors (Lipinski definition) is 6. The molecule has 12 heavy (non-hydrogen) atoms. The Morgan fingerprint density at radius 1 is 1.42 bits per heavy atom. The van der Waals surface area contributed by atoms with Crippen molar-refractivity contribution in [2.24, 2.45) is 0 Å². The molecule has 0 bridgehead atoms. The monoisotopic (exact) mass is 198 g/mol. The van der Waals surface area contributed by atoms with Gasteiger partial charge in [-0.15, -0.1) is 0 Å². The molecule has 0 aromatic rings. The Hall–Kier alpha value is 0.190. The van der Waals surface area contributed by atoms with Crippen molar-refractivity contribution in [3.63, 3.8) is 0 Å². The molecule has 0 aliphatic carbocycles. The van der Waals surface area contributed by atoms with Crippen LogP contribution in [0, 0.1) is 0 Å². The van der Waals surface area contributed by atoms with Gasteiger partial charge in [-0.05, 0) is 6.92 Å². The van der Waals surface area contributed by atoms with E-state index in [1.165, 1.54) is 0 Å². The molecule has 0 amide bonds. The molecule has 6 nitrogen and oxygen atoms in total. The highest BCUT2D eigenvalue weighted by atomic mass is 31.2. The molecule has 74 valence electrons. The first-order valence-electron chi connectivity index (χ1n) is 3.21. The van der Waals surface area contributed by atoms with Crippen LogP contribution in [-0.4, -0.2) is 39.8 Å². The van der Waals surface area contributed by atoms with Crippen molar-refractivity contribution in [3.8, 4) is 0 Å². The number of aliphatic hydroxyl groups is 3. The lowest BCUT2D eigenvalue weighted by molar-refractivity contribution is -0.428. The molecule has 0 fully saturated rings. The highest BCUT2D eigenvalue weighted by molar-refractivity contribution is 7.54. The zero-order valence-corrected chi connectivity index (χ0v) is 7.40. The third-order valence-corrected chi connectivity index (χ3v) is 2.23. The summed E-state index contributed by atoms with van der Waals surface area (Å²) in [7, 11) is -4.85. The smallest absolute Gasteiger partial charge is 0.117 e. The van der Waals surface area contributed by atoms with Crippen LogP contribution < -0.4 is 14.7 Å². The predicted octanol–water partition coefficient (Wildman–Crippen LogP) is -4.07. The van der Waals surface area contributed by atoms with E-state index >= 15 is 0 Å². The van der Waals surface area contributed by atoms with E-state index in [1.54, 1.807) is 0 Å². The Morgan fingerprint density at radius 3 is 2.08 bits per heavy atom. The molecule has 2 atom stereocenters. The number of hydrogen-bond donors (Lipinski definition) is 3. The third kappa shape index (κ3) is 4.27. The van der Waals surface area contributed by atoms with Gasteiger partial charge in [-0.1, -0.05) is 0 Å². The lowest BCUT2D eigenvalue weighted by Crippen LogP contribution is -2.49. The highest BCUT2D eigenvalue weighted by Crippen LogP contribution is 2.31. The van der Waals surface area contributed by atoms with E-state index < -0.39 is 32.4 Å². The van der Waals surface area contributed by atoms with Crippen molar-refractivity contribution >= 4 is 7.94 Å². The van der Waals surface area contributed by atoms with Gasteiger partial charge in [-0.25, -0.2) is 0 Å². The average Bonchev–Trinajstić information content (AvgIpc) is 1.84. The van der Waals surface area contributed by atoms with Gasteiger partial charge in [0.25, 0.3) is 0 Å². The summed E-state index contributed by atoms with van der Waals surface area (Å²) < 4.78 is 0. The fraction of sp³-hybridized carbons (Fsp3) is 1.00. The summed E-state index contributed by atoms with van der Waals surface area (Å²) in [4.78, 5) is 30.4. The zero-order valence-electron chi connectivity index (χ0n) is 6.51. The molecule has 0 heterocycles. The van der Waals surface area contributed by atoms with Crippen LogP contribution in [0.15, 0.2) is 0 Å². The van der Waals surface area contributed by atoms with Crippen molar-refractivity contribution in [1.29, 1.82) is 0 Å². The maximum Gasteiger partial charge on any atom is 0.117 e. The molecule has 0 aliphatic heterocycles. The third-order valence-electron chi connectivity index (χ3n) is 1.43. The Morgan fingerprint density at radius 2 is 1.83 bits per heavy atom. The molecule has 0 aromatic heterocycles. The fourth-order valence-electron chi connectivity index (χ4n) is 0.514. The average molecular weight is 198 g/mol. The van der Waals surface area contributed by atoms with Gasteiger partial charge in [-0.3, -0.25) is 0 Å². The van der Waals surface area contributed by atoms with Gasteiger partial charge in [0.2, 0.25) is 0 Å². The maximum atomic E-state index is 10.1. The van der Waals surface area contributed by atoms with Gasteiger partial charge in [0.05, 0.1) is 12.8 Å². The van der Waals surface area contributed by atoms with Gasteiger partial charge in [0, 0.05) is 0 Å². The number of rotatable bonds is 4. The van der Waals surface area contributed by atoms with Crippen molar-refractivity contribution in [3.05, 3.63) is 0 Å². The van der Waals surface area contributed by atoms with Crippen molar-refractivity contribution < 1.29 is 30.0 Å². The topological polar surface area (TPSA) is 130 Å². The van der Waals surface area contributed by atoms with Crippen molar-refractivity contribution in [1.82, 2.24) is 0 Å². The van der Waals surface area contributed by atoms with Crippen LogP contribution in [0.3, 0.4) is 0 Å². The van der Waals surface area contributed by atoms with E-state index in [2.05, 4.69) is 0 Å². The van der Waals surface area contributed by atoms with E-state index in [-0.39, 0.29) is 0 Å². The summed E-state index contributed by atoms with van der Waals surface area (Å²) in [6.07, 6.45) is -2.84. The Kier molecular flexibility index (Phi) is 3.99. The summed E-state index contributed by atoms with van der Waals surface area (Å²) >= 11 is 0. The zero-order chi connectivity index (χ0) is 9.99. The quantitative estimate of drug-likeness (QED) is 0.394. The molecule has 0 rings (SSSR count). The second-order valence-electron chi connectivity index (χ2n) is 2.82. The summed E-state index contributed by atoms with van der Waals surface area (Å²) in [5.74, 6) is 0. The van der Waals surface area contributed by atoms with Crippen molar-refractivity contribution in [2.45, 2.75) is 18.6 Å². The van der Waals surface area contributed by atoms with E-state index in [0.717, 1.165) is 6.92 Å². The van der Waals surface area contributed by atoms with E-state index in [9.17, 15) is 14.7 Å². The second kappa shape index (κ2) is 3.93. The Bertz CT molecular complexity index is 141. The molecule has 0 aliphatic rings. The largest absolute Gasteiger partial charge is 0.688 e. The first kappa shape index (κ1) is 12.2. The standard InChI is InChI=1S/C5H13O6P/c1-5(8,3-6)4(7)2-12(9,10)11/h4,6-8H,2-3H2,1H3,(H2,9,10,11)/p-2/t4-,5-/m0/s1. The van der Waals surface area contributed by atoms with Crippen molar-refractivity contribution in [2.75, 3.05) is 12.8 Å². The molecule has 0 unspecified atom stereocenters. The molecule has 0 aromatic carbocycles. The minimum Gasteiger partial charge on any atom is -0.688 e. The normalized spacial score (nSPS) is 20.2. The molecule has 0 spiro atoms. The van der Waals surface area contributed by atoms with Gasteiger partial charge >= 0.3 is 0 Å². The molecular formula is C5H11O6P-2. The van der Waals surface area contributed by atoms with E-state index in [1.807, 2.05) is 0 Å². The van der Waals surface area contributed by atoms with Gasteiger partial charge in [0.15, 0.2) is 0 Å². The predicted molar refractivity (Wildman–Crippen MR) is 35.5 cm³/mol. The number of aliphatic hydroxyl groups excluding tert-OH is 2. The van der Waals surface area contributed by atoms with Crippen LogP contribution in [0.5, 0.6) is 0 Å². The molecule has 0 radical (unpaired) electrons. The minimum atomic E-state index is -4.85. The SMILES string of the molecule is C[C@](O)(CO)[C@@H](O)C[P+]([O-])([O-])[O-]. The molecule has 0 saturated carbocycles. The van der Waals surface area contributed by atoms with Crippen LogP contribution in [0.25, 0.3) is 0 Å². The van der Waals surface area contributed by atoms with E-state index in [4.69, 9.17) is 15.3 Å². The first-order chi connectivity index (χ1) is 5.19. The molecule has 3 N–H and O–H groups in total. The Labute approximate surface area is 70.3 Å². The van der Waals surface area contributed by atoms with Crippen LogP contribution in [0.1, 0.15) is 6.92 Å². The lowest BCUT2D eigenvalue weighted by atomic mass is 10.0. The minimum absolute atomic E-state index is 0.811. The summed E-state index contributed by atoms with van der Waals surface area (Å²) in [5.41, 5.74) is -1.95. The molecule has 0 saturated heterocycles. The van der Waals surface area contributed by atoms with Crippen LogP contribution in [0.2, 0.25) is 0 Å². The van der Waals surface area contributed by atoms with Crippen LogP contribution in [0.4, 0.5) is 0 Å². The maximum absolute atomic E-state index is 10.1. The van der Waals surface area contributed by atoms with Gasteiger partial charge in [0.1, 0.15) is 11.7 Å². The van der Waals surface area contributed by atoms with Gasteiger partial charge < -0.3 is 30.0 Å². The summed E-state index contributed by atoms with van der Waals surface area (Å²) in [6.45, 7) is 0.224. The van der Waals surface area contributed by atoms with E-state index in [0.29, 0.717) is 0 Å². The fourth-order valence-corrected chi connectivity index (χ4v) is 1.33. The van der Waals surface area contributed by atoms with Gasteiger partial charge in [-0.2, -0.15) is 7.94 Å². The second-order valence-corrected chi connectivity index (χ2v) is 4.41. The summed E-state index contributed by atoms with van der Waals surface area (Å²) in [6, 6.07) is 0. The lowest BCUT2D eigenvalue weighted by Gasteiger charge is -2.45. The van der Waals surface area contributed by atoms with Crippen LogP contribution in [-0.2, 0) is 0 Å². The Balaban J connectivity index is 4.13. The molecule has 7 heteroatoms. The highest BCUT2D eigenvalue weighted by Gasteiger charge is 2.31. The van der Waals surface area contributed by atoms with Crippen LogP contribution >= 0.6 is 7.94 Å².